The lowest BCUT2D eigenvalue weighted by molar-refractivity contribution is -0.139. The molecule has 3 aromatic rings. The number of anilines is 1. The molecule has 0 bridgehead atoms. The molecule has 0 radical (unpaired) electrons. The van der Waals surface area contributed by atoms with Crippen LogP contribution in [0.25, 0.3) is 11.0 Å². The summed E-state index contributed by atoms with van der Waals surface area (Å²) >= 11 is 0. The molecule has 0 fully saturated rings. The first-order valence-electron chi connectivity index (χ1n) is 7.84. The summed E-state index contributed by atoms with van der Waals surface area (Å²) in [6, 6.07) is 2.36. The highest BCUT2D eigenvalue weighted by Gasteiger charge is 2.34. The van der Waals surface area contributed by atoms with Gasteiger partial charge in [-0.15, -0.1) is 0 Å². The number of hydrogen-bond donors (Lipinski definition) is 2. The van der Waals surface area contributed by atoms with E-state index < -0.39 is 29.5 Å². The Morgan fingerprint density at radius 1 is 1.18 bits per heavy atom. The summed E-state index contributed by atoms with van der Waals surface area (Å²) in [6.07, 6.45) is -3.60. The SMILES string of the molecule is Cc1nn(C)c2ncc(C(=O)NC(=O)Nc3ccc(C(F)(F)F)c(F)c3)cc12. The average molecular weight is 395 g/mol. The van der Waals surface area contributed by atoms with E-state index >= 15 is 0 Å². The Balaban J connectivity index is 1.72. The van der Waals surface area contributed by atoms with Gasteiger partial charge < -0.3 is 5.32 Å². The number of fused-ring (bicyclic) bond motifs is 1. The predicted octanol–water partition coefficient (Wildman–Crippen LogP) is 3.40. The zero-order valence-electron chi connectivity index (χ0n) is 14.6. The van der Waals surface area contributed by atoms with Crippen LogP contribution in [0.4, 0.5) is 28.0 Å². The number of carbonyl (C=O) groups is 2. The summed E-state index contributed by atoms with van der Waals surface area (Å²) in [6.45, 7) is 1.73. The molecule has 28 heavy (non-hydrogen) atoms. The van der Waals surface area contributed by atoms with Gasteiger partial charge in [-0.05, 0) is 31.2 Å². The van der Waals surface area contributed by atoms with E-state index in [1.54, 1.807) is 14.0 Å². The van der Waals surface area contributed by atoms with E-state index in [4.69, 9.17) is 0 Å². The van der Waals surface area contributed by atoms with Crippen molar-refractivity contribution in [2.45, 2.75) is 13.1 Å². The van der Waals surface area contributed by atoms with Crippen LogP contribution in [0.5, 0.6) is 0 Å². The molecule has 11 heteroatoms. The topological polar surface area (TPSA) is 88.9 Å². The quantitative estimate of drug-likeness (QED) is 0.651. The first-order chi connectivity index (χ1) is 13.1. The number of nitrogens with one attached hydrogen (secondary N) is 2. The molecule has 3 rings (SSSR count). The highest BCUT2D eigenvalue weighted by atomic mass is 19.4. The maximum absolute atomic E-state index is 13.5. The molecular weight excluding hydrogens is 382 g/mol. The van der Waals surface area contributed by atoms with E-state index in [-0.39, 0.29) is 11.3 Å². The number of rotatable bonds is 2. The molecule has 3 amide bonds. The van der Waals surface area contributed by atoms with Gasteiger partial charge in [-0.25, -0.2) is 14.2 Å². The largest absolute Gasteiger partial charge is 0.419 e. The Morgan fingerprint density at radius 2 is 1.89 bits per heavy atom. The molecule has 1 aromatic carbocycles. The van der Waals surface area contributed by atoms with Crippen molar-refractivity contribution >= 4 is 28.7 Å². The van der Waals surface area contributed by atoms with Gasteiger partial charge in [0.25, 0.3) is 5.91 Å². The molecule has 0 saturated carbocycles. The maximum Gasteiger partial charge on any atom is 0.419 e. The number of nitrogens with zero attached hydrogens (tertiary/aromatic N) is 3. The molecule has 2 aromatic heterocycles. The van der Waals surface area contributed by atoms with Gasteiger partial charge in [-0.3, -0.25) is 14.8 Å². The van der Waals surface area contributed by atoms with Crippen molar-refractivity contribution in [3.8, 4) is 0 Å². The van der Waals surface area contributed by atoms with E-state index in [0.717, 1.165) is 6.07 Å². The van der Waals surface area contributed by atoms with Gasteiger partial charge in [0.15, 0.2) is 5.65 Å². The van der Waals surface area contributed by atoms with Crippen LogP contribution < -0.4 is 10.6 Å². The lowest BCUT2D eigenvalue weighted by Gasteiger charge is -2.10. The second kappa shape index (κ2) is 6.91. The first-order valence-corrected chi connectivity index (χ1v) is 7.84. The second-order valence-corrected chi connectivity index (χ2v) is 5.90. The smallest absolute Gasteiger partial charge is 0.308 e. The van der Waals surface area contributed by atoms with Crippen molar-refractivity contribution in [2.75, 3.05) is 5.32 Å². The predicted molar refractivity (Wildman–Crippen MR) is 91.1 cm³/mol. The number of benzene rings is 1. The third-order valence-corrected chi connectivity index (χ3v) is 3.88. The standard InChI is InChI=1S/C17H13F4N5O2/c1-8-11-5-9(7-22-14(11)26(2)25-8)15(27)24-16(28)23-10-3-4-12(13(18)6-10)17(19,20)21/h3-7H,1-2H3,(H2,23,24,27,28). The number of amides is 3. The second-order valence-electron chi connectivity index (χ2n) is 5.90. The molecule has 0 saturated heterocycles. The van der Waals surface area contributed by atoms with Crippen molar-refractivity contribution in [1.82, 2.24) is 20.1 Å². The van der Waals surface area contributed by atoms with Gasteiger partial charge in [0.1, 0.15) is 5.82 Å². The number of imide groups is 1. The molecular formula is C17H13F4N5O2. The number of aromatic nitrogens is 3. The number of halogens is 4. The van der Waals surface area contributed by atoms with Crippen LogP contribution in [0.1, 0.15) is 21.6 Å². The Bertz CT molecular complexity index is 1090. The monoisotopic (exact) mass is 395 g/mol. The minimum Gasteiger partial charge on any atom is -0.308 e. The fraction of sp³-hybridized carbons (Fsp3) is 0.176. The van der Waals surface area contributed by atoms with Crippen LogP contribution in [0.2, 0.25) is 0 Å². The lowest BCUT2D eigenvalue weighted by Crippen LogP contribution is -2.34. The van der Waals surface area contributed by atoms with Crippen molar-refractivity contribution in [2.24, 2.45) is 7.05 Å². The third-order valence-electron chi connectivity index (χ3n) is 3.88. The van der Waals surface area contributed by atoms with Crippen molar-refractivity contribution in [1.29, 1.82) is 0 Å². The van der Waals surface area contributed by atoms with Crippen LogP contribution >= 0.6 is 0 Å². The summed E-state index contributed by atoms with van der Waals surface area (Å²) in [4.78, 5) is 28.2. The number of urea groups is 1. The van der Waals surface area contributed by atoms with Crippen molar-refractivity contribution < 1.29 is 27.2 Å². The molecule has 0 spiro atoms. The molecule has 0 unspecified atom stereocenters. The molecule has 0 aliphatic carbocycles. The van der Waals surface area contributed by atoms with Crippen LogP contribution in [0.3, 0.4) is 0 Å². The Hall–Kier alpha value is -3.50. The van der Waals surface area contributed by atoms with E-state index in [1.165, 1.54) is 16.9 Å². The van der Waals surface area contributed by atoms with E-state index in [9.17, 15) is 27.2 Å². The number of carbonyl (C=O) groups excluding carboxylic acids is 2. The first kappa shape index (κ1) is 19.3. The Kier molecular flexibility index (Phi) is 4.75. The molecule has 2 N–H and O–H groups in total. The fourth-order valence-corrected chi connectivity index (χ4v) is 2.59. The molecule has 0 aliphatic heterocycles. The summed E-state index contributed by atoms with van der Waals surface area (Å²) in [5.74, 6) is -2.33. The summed E-state index contributed by atoms with van der Waals surface area (Å²) < 4.78 is 52.7. The number of aryl methyl sites for hydroxylation is 2. The molecule has 7 nitrogen and oxygen atoms in total. The van der Waals surface area contributed by atoms with Gasteiger partial charge in [0.05, 0.1) is 16.8 Å². The van der Waals surface area contributed by atoms with E-state index in [0.29, 0.717) is 28.9 Å². The number of alkyl halides is 3. The summed E-state index contributed by atoms with van der Waals surface area (Å²) in [5.41, 5.74) is -0.423. The van der Waals surface area contributed by atoms with Crippen LogP contribution in [-0.4, -0.2) is 26.7 Å². The summed E-state index contributed by atoms with van der Waals surface area (Å²) in [5, 5.41) is 8.89. The van der Waals surface area contributed by atoms with Crippen molar-refractivity contribution in [3.05, 3.63) is 53.1 Å². The zero-order chi connectivity index (χ0) is 20.6. The fourth-order valence-electron chi connectivity index (χ4n) is 2.59. The van der Waals surface area contributed by atoms with Crippen molar-refractivity contribution in [3.63, 3.8) is 0 Å². The highest BCUT2D eigenvalue weighted by molar-refractivity contribution is 6.08. The molecule has 0 aliphatic rings. The zero-order valence-corrected chi connectivity index (χ0v) is 14.6. The van der Waals surface area contributed by atoms with Gasteiger partial charge in [-0.2, -0.15) is 18.3 Å². The van der Waals surface area contributed by atoms with Gasteiger partial charge >= 0.3 is 12.2 Å². The van der Waals surface area contributed by atoms with Gasteiger partial charge in [-0.1, -0.05) is 0 Å². The third kappa shape index (κ3) is 3.77. The number of hydrogen-bond acceptors (Lipinski definition) is 4. The minimum atomic E-state index is -4.85. The molecule has 0 atom stereocenters. The van der Waals surface area contributed by atoms with Crippen LogP contribution in [0.15, 0.2) is 30.5 Å². The van der Waals surface area contributed by atoms with Crippen LogP contribution in [0, 0.1) is 12.7 Å². The Morgan fingerprint density at radius 3 is 2.54 bits per heavy atom. The van der Waals surface area contributed by atoms with Gasteiger partial charge in [0, 0.05) is 24.3 Å². The highest BCUT2D eigenvalue weighted by Crippen LogP contribution is 2.32. The Labute approximate surface area is 155 Å². The van der Waals surface area contributed by atoms with Crippen LogP contribution in [-0.2, 0) is 13.2 Å². The minimum absolute atomic E-state index is 0.0809. The van der Waals surface area contributed by atoms with E-state index in [2.05, 4.69) is 15.4 Å². The lowest BCUT2D eigenvalue weighted by atomic mass is 10.2. The summed E-state index contributed by atoms with van der Waals surface area (Å²) in [7, 11) is 1.69. The van der Waals surface area contributed by atoms with Gasteiger partial charge in [0.2, 0.25) is 0 Å². The van der Waals surface area contributed by atoms with E-state index in [1.807, 2.05) is 5.32 Å². The normalized spacial score (nSPS) is 11.5. The molecule has 146 valence electrons. The maximum atomic E-state index is 13.5. The molecule has 2 heterocycles. The number of pyridine rings is 1. The average Bonchev–Trinajstić information content (AvgIpc) is 2.87.